The summed E-state index contributed by atoms with van der Waals surface area (Å²) in [6.07, 6.45) is 2.15. The van der Waals surface area contributed by atoms with Gasteiger partial charge in [0.15, 0.2) is 0 Å². The molecule has 0 aliphatic heterocycles. The molecule has 1 aromatic carbocycles. The highest BCUT2D eigenvalue weighted by molar-refractivity contribution is 5.82. The van der Waals surface area contributed by atoms with Gasteiger partial charge in [-0.2, -0.15) is 0 Å². The fourth-order valence-corrected chi connectivity index (χ4v) is 2.00. The van der Waals surface area contributed by atoms with E-state index >= 15 is 0 Å². The summed E-state index contributed by atoms with van der Waals surface area (Å²) >= 11 is 0. The standard InChI is InChI=1S/C16H24N2O2/c1-5-10-18(16(2,3)4)15(20)14(17)11-12-6-8-13(19)9-7-12/h5-9,14,19H,1,10-11,17H2,2-4H3/t14-/m0/s1. The van der Waals surface area contributed by atoms with Crippen LogP contribution in [0.5, 0.6) is 5.75 Å². The van der Waals surface area contributed by atoms with E-state index in [9.17, 15) is 9.90 Å². The van der Waals surface area contributed by atoms with E-state index in [2.05, 4.69) is 6.58 Å². The van der Waals surface area contributed by atoms with E-state index in [4.69, 9.17) is 5.73 Å². The number of hydrogen-bond donors (Lipinski definition) is 2. The molecule has 110 valence electrons. The number of amides is 1. The largest absolute Gasteiger partial charge is 0.508 e. The molecule has 0 aromatic heterocycles. The lowest BCUT2D eigenvalue weighted by Crippen LogP contribution is -2.52. The lowest BCUT2D eigenvalue weighted by Gasteiger charge is -2.36. The van der Waals surface area contributed by atoms with Crippen LogP contribution in [-0.4, -0.2) is 34.0 Å². The molecule has 0 aliphatic carbocycles. The molecule has 0 radical (unpaired) electrons. The predicted molar refractivity (Wildman–Crippen MR) is 81.4 cm³/mol. The van der Waals surface area contributed by atoms with Crippen molar-refractivity contribution in [3.63, 3.8) is 0 Å². The van der Waals surface area contributed by atoms with Crippen LogP contribution in [0.15, 0.2) is 36.9 Å². The van der Waals surface area contributed by atoms with Gasteiger partial charge < -0.3 is 15.7 Å². The number of hydrogen-bond acceptors (Lipinski definition) is 3. The Morgan fingerprint density at radius 3 is 2.40 bits per heavy atom. The Kier molecular flexibility index (Phi) is 5.34. The fourth-order valence-electron chi connectivity index (χ4n) is 2.00. The molecule has 0 saturated carbocycles. The van der Waals surface area contributed by atoms with Crippen molar-refractivity contribution in [1.82, 2.24) is 4.90 Å². The summed E-state index contributed by atoms with van der Waals surface area (Å²) in [5, 5.41) is 9.25. The predicted octanol–water partition coefficient (Wildman–Crippen LogP) is 2.08. The molecule has 0 saturated heterocycles. The second kappa shape index (κ2) is 6.57. The van der Waals surface area contributed by atoms with Crippen molar-refractivity contribution in [3.05, 3.63) is 42.5 Å². The van der Waals surface area contributed by atoms with Gasteiger partial charge in [0.05, 0.1) is 6.04 Å². The van der Waals surface area contributed by atoms with E-state index < -0.39 is 6.04 Å². The van der Waals surface area contributed by atoms with Crippen LogP contribution in [0, 0.1) is 0 Å². The van der Waals surface area contributed by atoms with Gasteiger partial charge in [-0.15, -0.1) is 6.58 Å². The number of benzene rings is 1. The van der Waals surface area contributed by atoms with E-state index in [1.165, 1.54) is 0 Å². The number of carbonyl (C=O) groups is 1. The first-order valence-electron chi connectivity index (χ1n) is 6.71. The van der Waals surface area contributed by atoms with Gasteiger partial charge in [0.2, 0.25) is 5.91 Å². The van der Waals surface area contributed by atoms with Crippen LogP contribution in [0.1, 0.15) is 26.3 Å². The quantitative estimate of drug-likeness (QED) is 0.809. The van der Waals surface area contributed by atoms with Crippen molar-refractivity contribution in [2.45, 2.75) is 38.8 Å². The Morgan fingerprint density at radius 1 is 1.40 bits per heavy atom. The molecule has 1 rings (SSSR count). The van der Waals surface area contributed by atoms with Gasteiger partial charge in [-0.25, -0.2) is 0 Å². The van der Waals surface area contributed by atoms with Crippen molar-refractivity contribution < 1.29 is 9.90 Å². The molecule has 4 nitrogen and oxygen atoms in total. The summed E-state index contributed by atoms with van der Waals surface area (Å²) in [5.74, 6) is 0.113. The van der Waals surface area contributed by atoms with Crippen molar-refractivity contribution in [2.24, 2.45) is 5.73 Å². The van der Waals surface area contributed by atoms with E-state index in [0.717, 1.165) is 5.56 Å². The van der Waals surface area contributed by atoms with Gasteiger partial charge in [-0.1, -0.05) is 18.2 Å². The maximum Gasteiger partial charge on any atom is 0.240 e. The molecule has 0 heterocycles. The maximum atomic E-state index is 12.5. The van der Waals surface area contributed by atoms with Crippen molar-refractivity contribution in [3.8, 4) is 5.75 Å². The van der Waals surface area contributed by atoms with Gasteiger partial charge >= 0.3 is 0 Å². The van der Waals surface area contributed by atoms with Crippen molar-refractivity contribution in [2.75, 3.05) is 6.54 Å². The molecule has 0 fully saturated rings. The number of phenolic OH excluding ortho intramolecular Hbond substituents is 1. The summed E-state index contributed by atoms with van der Waals surface area (Å²) in [6.45, 7) is 10.1. The minimum Gasteiger partial charge on any atom is -0.508 e. The summed E-state index contributed by atoms with van der Waals surface area (Å²) in [5.41, 5.74) is 6.66. The van der Waals surface area contributed by atoms with Crippen LogP contribution >= 0.6 is 0 Å². The number of nitrogens with zero attached hydrogens (tertiary/aromatic N) is 1. The fraction of sp³-hybridized carbons (Fsp3) is 0.438. The van der Waals surface area contributed by atoms with Gasteiger partial charge in [0.25, 0.3) is 0 Å². The molecular weight excluding hydrogens is 252 g/mol. The summed E-state index contributed by atoms with van der Waals surface area (Å²) in [4.78, 5) is 14.2. The summed E-state index contributed by atoms with van der Waals surface area (Å²) < 4.78 is 0. The molecule has 0 spiro atoms. The highest BCUT2D eigenvalue weighted by atomic mass is 16.3. The zero-order valence-electron chi connectivity index (χ0n) is 12.5. The zero-order chi connectivity index (χ0) is 15.3. The summed E-state index contributed by atoms with van der Waals surface area (Å²) in [7, 11) is 0. The molecule has 0 aliphatic rings. The zero-order valence-corrected chi connectivity index (χ0v) is 12.5. The van der Waals surface area contributed by atoms with E-state index in [1.54, 1.807) is 35.2 Å². The van der Waals surface area contributed by atoms with Gasteiger partial charge in [-0.3, -0.25) is 4.79 Å². The number of phenols is 1. The van der Waals surface area contributed by atoms with Crippen LogP contribution < -0.4 is 5.73 Å². The number of nitrogens with two attached hydrogens (primary N) is 1. The van der Waals surface area contributed by atoms with E-state index in [-0.39, 0.29) is 17.2 Å². The third kappa shape index (κ3) is 4.38. The molecule has 4 heteroatoms. The Labute approximate surface area is 120 Å². The topological polar surface area (TPSA) is 66.6 Å². The molecule has 1 atom stereocenters. The molecule has 3 N–H and O–H groups in total. The van der Waals surface area contributed by atoms with Crippen LogP contribution in [-0.2, 0) is 11.2 Å². The number of carbonyl (C=O) groups excluding carboxylic acids is 1. The summed E-state index contributed by atoms with van der Waals surface area (Å²) in [6, 6.07) is 6.14. The normalized spacial score (nSPS) is 12.8. The van der Waals surface area contributed by atoms with Crippen LogP contribution in [0.2, 0.25) is 0 Å². The molecule has 1 amide bonds. The van der Waals surface area contributed by atoms with Crippen LogP contribution in [0.4, 0.5) is 0 Å². The SMILES string of the molecule is C=CCN(C(=O)[C@@H](N)Cc1ccc(O)cc1)C(C)(C)C. The smallest absolute Gasteiger partial charge is 0.240 e. The highest BCUT2D eigenvalue weighted by Crippen LogP contribution is 2.16. The average Bonchev–Trinajstić information content (AvgIpc) is 2.36. The Hall–Kier alpha value is -1.81. The van der Waals surface area contributed by atoms with Gasteiger partial charge in [0, 0.05) is 12.1 Å². The number of rotatable bonds is 5. The average molecular weight is 276 g/mol. The second-order valence-electron chi connectivity index (χ2n) is 5.89. The Morgan fingerprint density at radius 2 is 1.95 bits per heavy atom. The third-order valence-corrected chi connectivity index (χ3v) is 3.10. The molecule has 20 heavy (non-hydrogen) atoms. The Balaban J connectivity index is 2.78. The molecular formula is C16H24N2O2. The molecule has 0 bridgehead atoms. The first-order valence-corrected chi connectivity index (χ1v) is 6.71. The highest BCUT2D eigenvalue weighted by Gasteiger charge is 2.29. The minimum absolute atomic E-state index is 0.0922. The lowest BCUT2D eigenvalue weighted by molar-refractivity contribution is -0.136. The van der Waals surface area contributed by atoms with Crippen molar-refractivity contribution in [1.29, 1.82) is 0 Å². The number of aromatic hydroxyl groups is 1. The van der Waals surface area contributed by atoms with E-state index in [1.807, 2.05) is 20.8 Å². The monoisotopic (exact) mass is 276 g/mol. The third-order valence-electron chi connectivity index (χ3n) is 3.10. The van der Waals surface area contributed by atoms with Crippen LogP contribution in [0.3, 0.4) is 0 Å². The van der Waals surface area contributed by atoms with E-state index in [0.29, 0.717) is 13.0 Å². The molecule has 1 aromatic rings. The van der Waals surface area contributed by atoms with Crippen molar-refractivity contribution >= 4 is 5.91 Å². The minimum atomic E-state index is -0.598. The maximum absolute atomic E-state index is 12.5. The molecule has 0 unspecified atom stereocenters. The van der Waals surface area contributed by atoms with Gasteiger partial charge in [0.1, 0.15) is 5.75 Å². The van der Waals surface area contributed by atoms with Gasteiger partial charge in [-0.05, 0) is 44.9 Å². The second-order valence-corrected chi connectivity index (χ2v) is 5.89. The first kappa shape index (κ1) is 16.2. The first-order chi connectivity index (χ1) is 9.25. The van der Waals surface area contributed by atoms with Crippen LogP contribution in [0.25, 0.3) is 0 Å². The Bertz CT molecular complexity index is 460. The lowest BCUT2D eigenvalue weighted by atomic mass is 10.0.